The summed E-state index contributed by atoms with van der Waals surface area (Å²) in [4.78, 5) is 2.07. The van der Waals surface area contributed by atoms with Gasteiger partial charge in [0.05, 0.1) is 0 Å². The summed E-state index contributed by atoms with van der Waals surface area (Å²) in [6.45, 7) is 0. The maximum atomic E-state index is 9.48. The van der Waals surface area contributed by atoms with Gasteiger partial charge in [-0.05, 0) is 0 Å². The molecule has 0 fully saturated rings. The minimum atomic E-state index is -0.373. The maximum absolute atomic E-state index is 9.48. The Hall–Kier alpha value is -0.561. The normalized spacial score (nSPS) is 21.4. The van der Waals surface area contributed by atoms with Crippen LogP contribution in [0.15, 0.2) is 35.3 Å². The third kappa shape index (κ3) is 1.25. The van der Waals surface area contributed by atoms with E-state index in [9.17, 15) is 5.11 Å². The van der Waals surface area contributed by atoms with E-state index in [0.29, 0.717) is 15.0 Å². The Morgan fingerprint density at radius 2 is 2.09 bits per heavy atom. The van der Waals surface area contributed by atoms with Crippen molar-refractivity contribution in [2.45, 2.75) is 6.10 Å². The molecular formula is C9H8OSe. The van der Waals surface area contributed by atoms with E-state index in [0.717, 1.165) is 5.56 Å². The standard InChI is InChI=1S/C9H8OSe/c10-8-5-6-11-9-4-2-1-3-7(8)9/h1-6,8,10H. The average molecular weight is 211 g/mol. The Kier molecular flexibility index (Phi) is 1.82. The van der Waals surface area contributed by atoms with Crippen LogP contribution in [0.3, 0.4) is 0 Å². The molecule has 1 aliphatic heterocycles. The molecule has 1 aromatic carbocycles. The summed E-state index contributed by atoms with van der Waals surface area (Å²) in [5.41, 5.74) is 1.08. The van der Waals surface area contributed by atoms with Gasteiger partial charge in [0, 0.05) is 0 Å². The van der Waals surface area contributed by atoms with Gasteiger partial charge in [0.1, 0.15) is 0 Å². The summed E-state index contributed by atoms with van der Waals surface area (Å²) in [6, 6.07) is 8.07. The first-order chi connectivity index (χ1) is 5.38. The minimum absolute atomic E-state index is 0.373. The topological polar surface area (TPSA) is 20.2 Å². The summed E-state index contributed by atoms with van der Waals surface area (Å²) in [5, 5.41) is 9.48. The van der Waals surface area contributed by atoms with Crippen molar-refractivity contribution in [1.29, 1.82) is 0 Å². The molecule has 0 saturated heterocycles. The number of fused-ring (bicyclic) bond motifs is 1. The molecule has 1 atom stereocenters. The molecule has 11 heavy (non-hydrogen) atoms. The van der Waals surface area contributed by atoms with Gasteiger partial charge < -0.3 is 0 Å². The molecule has 0 aliphatic carbocycles. The van der Waals surface area contributed by atoms with Crippen LogP contribution in [0.2, 0.25) is 0 Å². The van der Waals surface area contributed by atoms with Crippen molar-refractivity contribution in [2.75, 3.05) is 0 Å². The van der Waals surface area contributed by atoms with Crippen molar-refractivity contribution < 1.29 is 5.11 Å². The second-order valence-corrected chi connectivity index (χ2v) is 4.42. The van der Waals surface area contributed by atoms with Crippen molar-refractivity contribution >= 4 is 19.4 Å². The number of benzene rings is 1. The molecule has 0 bridgehead atoms. The van der Waals surface area contributed by atoms with E-state index < -0.39 is 0 Å². The Labute approximate surface area is 71.9 Å². The fourth-order valence-electron chi connectivity index (χ4n) is 1.12. The fourth-order valence-corrected chi connectivity index (χ4v) is 2.92. The third-order valence-electron chi connectivity index (χ3n) is 1.69. The molecule has 1 aliphatic rings. The molecule has 1 unspecified atom stereocenters. The van der Waals surface area contributed by atoms with E-state index in [4.69, 9.17) is 0 Å². The second kappa shape index (κ2) is 2.82. The van der Waals surface area contributed by atoms with Crippen LogP contribution in [0.25, 0.3) is 0 Å². The number of aliphatic hydroxyl groups excluding tert-OH is 1. The van der Waals surface area contributed by atoms with E-state index in [1.54, 1.807) is 0 Å². The predicted octanol–water partition coefficient (Wildman–Crippen LogP) is 0.577. The first-order valence-electron chi connectivity index (χ1n) is 3.48. The van der Waals surface area contributed by atoms with Crippen LogP contribution >= 0.6 is 0 Å². The molecule has 0 radical (unpaired) electrons. The van der Waals surface area contributed by atoms with Crippen molar-refractivity contribution in [2.24, 2.45) is 0 Å². The van der Waals surface area contributed by atoms with Gasteiger partial charge in [0.25, 0.3) is 0 Å². The zero-order valence-electron chi connectivity index (χ0n) is 5.90. The molecule has 1 nitrogen and oxygen atoms in total. The van der Waals surface area contributed by atoms with E-state index in [-0.39, 0.29) is 6.10 Å². The molecule has 1 N–H and O–H groups in total. The van der Waals surface area contributed by atoms with Crippen LogP contribution in [-0.2, 0) is 0 Å². The number of hydrogen-bond donors (Lipinski definition) is 1. The predicted molar refractivity (Wildman–Crippen MR) is 45.9 cm³/mol. The first kappa shape index (κ1) is 7.11. The molecule has 2 rings (SSSR count). The third-order valence-corrected chi connectivity index (χ3v) is 3.62. The number of aliphatic hydroxyl groups is 1. The fraction of sp³-hybridized carbons (Fsp3) is 0.111. The zero-order chi connectivity index (χ0) is 7.68. The molecule has 0 amide bonds. The first-order valence-corrected chi connectivity index (χ1v) is 5.33. The van der Waals surface area contributed by atoms with Gasteiger partial charge in [-0.2, -0.15) is 0 Å². The van der Waals surface area contributed by atoms with Gasteiger partial charge in [-0.15, -0.1) is 0 Å². The van der Waals surface area contributed by atoms with Crippen LogP contribution in [0.1, 0.15) is 11.7 Å². The van der Waals surface area contributed by atoms with E-state index in [1.807, 2.05) is 24.3 Å². The van der Waals surface area contributed by atoms with Gasteiger partial charge in [0.2, 0.25) is 0 Å². The van der Waals surface area contributed by atoms with Gasteiger partial charge in [-0.3, -0.25) is 0 Å². The SMILES string of the molecule is OC1C=C[Se]c2ccccc21. The number of rotatable bonds is 0. The monoisotopic (exact) mass is 212 g/mol. The van der Waals surface area contributed by atoms with Crippen LogP contribution in [0.5, 0.6) is 0 Å². The molecule has 0 spiro atoms. The summed E-state index contributed by atoms with van der Waals surface area (Å²) in [7, 11) is 0. The van der Waals surface area contributed by atoms with E-state index in [2.05, 4.69) is 11.0 Å². The summed E-state index contributed by atoms with van der Waals surface area (Å²) < 4.78 is 1.30. The zero-order valence-corrected chi connectivity index (χ0v) is 7.61. The van der Waals surface area contributed by atoms with Crippen LogP contribution in [-0.4, -0.2) is 20.1 Å². The van der Waals surface area contributed by atoms with Crippen molar-refractivity contribution in [3.8, 4) is 0 Å². The molecular weight excluding hydrogens is 203 g/mol. The quantitative estimate of drug-likeness (QED) is 0.622. The number of hydrogen-bond acceptors (Lipinski definition) is 1. The van der Waals surface area contributed by atoms with Crippen molar-refractivity contribution in [3.63, 3.8) is 0 Å². The summed E-state index contributed by atoms with van der Waals surface area (Å²) >= 11 is 0.426. The van der Waals surface area contributed by atoms with Crippen LogP contribution < -0.4 is 4.46 Å². The van der Waals surface area contributed by atoms with Crippen molar-refractivity contribution in [3.05, 3.63) is 40.9 Å². The van der Waals surface area contributed by atoms with E-state index in [1.165, 1.54) is 4.46 Å². The average Bonchev–Trinajstić information content (AvgIpc) is 2.06. The molecule has 1 heterocycles. The molecule has 1 aromatic rings. The van der Waals surface area contributed by atoms with Crippen LogP contribution in [0, 0.1) is 0 Å². The molecule has 0 saturated carbocycles. The van der Waals surface area contributed by atoms with Crippen molar-refractivity contribution in [1.82, 2.24) is 0 Å². The van der Waals surface area contributed by atoms with Gasteiger partial charge in [-0.25, -0.2) is 0 Å². The van der Waals surface area contributed by atoms with Gasteiger partial charge >= 0.3 is 71.5 Å². The molecule has 56 valence electrons. The Bertz CT molecular complexity index is 293. The second-order valence-electron chi connectivity index (χ2n) is 2.43. The summed E-state index contributed by atoms with van der Waals surface area (Å²) in [6.07, 6.45) is 1.49. The Morgan fingerprint density at radius 1 is 1.27 bits per heavy atom. The van der Waals surface area contributed by atoms with E-state index >= 15 is 0 Å². The van der Waals surface area contributed by atoms with Crippen LogP contribution in [0.4, 0.5) is 0 Å². The molecule has 2 heteroatoms. The summed E-state index contributed by atoms with van der Waals surface area (Å²) in [5.74, 6) is 0. The van der Waals surface area contributed by atoms with Gasteiger partial charge in [0.15, 0.2) is 0 Å². The van der Waals surface area contributed by atoms with Gasteiger partial charge in [-0.1, -0.05) is 0 Å². The Balaban J connectivity index is 2.50. The Morgan fingerprint density at radius 3 is 2.91 bits per heavy atom. The molecule has 0 aromatic heterocycles.